The summed E-state index contributed by atoms with van der Waals surface area (Å²) in [5.74, 6) is 0. The van der Waals surface area contributed by atoms with E-state index < -0.39 is 0 Å². The first kappa shape index (κ1) is 12.0. The molecule has 0 fully saturated rings. The Labute approximate surface area is 101 Å². The van der Waals surface area contributed by atoms with Gasteiger partial charge in [0.05, 0.1) is 5.69 Å². The van der Waals surface area contributed by atoms with Crippen LogP contribution in [-0.2, 0) is 11.2 Å². The van der Waals surface area contributed by atoms with Gasteiger partial charge in [-0.3, -0.25) is 0 Å². The highest BCUT2D eigenvalue weighted by Crippen LogP contribution is 2.36. The van der Waals surface area contributed by atoms with Gasteiger partial charge in [0, 0.05) is 18.0 Å². The van der Waals surface area contributed by atoms with Crippen molar-refractivity contribution < 1.29 is 4.74 Å². The Hall–Kier alpha value is -0.450. The minimum atomic E-state index is 0.123. The molecule has 90 valence electrons. The predicted molar refractivity (Wildman–Crippen MR) is 66.9 cm³/mol. The lowest BCUT2D eigenvalue weighted by molar-refractivity contribution is 0.119. The Morgan fingerprint density at radius 3 is 3.12 bits per heavy atom. The van der Waals surface area contributed by atoms with Crippen molar-refractivity contribution in [2.24, 2.45) is 0 Å². The van der Waals surface area contributed by atoms with Crippen LogP contribution in [0.25, 0.3) is 0 Å². The topological polar surface area (TPSA) is 34.2 Å². The van der Waals surface area contributed by atoms with E-state index in [2.05, 4.69) is 19.2 Å². The summed E-state index contributed by atoms with van der Waals surface area (Å²) in [6.07, 6.45) is 3.74. The first-order valence-electron chi connectivity index (χ1n) is 6.02. The van der Waals surface area contributed by atoms with E-state index in [1.54, 1.807) is 7.11 Å². The molecule has 0 aliphatic heterocycles. The van der Waals surface area contributed by atoms with Gasteiger partial charge in [0.25, 0.3) is 0 Å². The molecule has 0 bridgehead atoms. The van der Waals surface area contributed by atoms with Crippen LogP contribution in [-0.4, -0.2) is 18.6 Å². The minimum absolute atomic E-state index is 0.123. The molecule has 1 aromatic rings. The molecule has 0 radical (unpaired) electrons. The highest BCUT2D eigenvalue weighted by atomic mass is 32.1. The molecule has 3 nitrogen and oxygen atoms in total. The van der Waals surface area contributed by atoms with Crippen molar-refractivity contribution in [3.63, 3.8) is 0 Å². The second kappa shape index (κ2) is 5.25. The predicted octanol–water partition coefficient (Wildman–Crippen LogP) is 2.84. The summed E-state index contributed by atoms with van der Waals surface area (Å²) in [5, 5.41) is 4.66. The summed E-state index contributed by atoms with van der Waals surface area (Å²) in [7, 11) is 1.74. The monoisotopic (exact) mass is 240 g/mol. The van der Waals surface area contributed by atoms with Crippen LogP contribution < -0.4 is 5.32 Å². The van der Waals surface area contributed by atoms with Gasteiger partial charge < -0.3 is 10.1 Å². The number of methoxy groups -OCH3 is 1. The molecular weight excluding hydrogens is 220 g/mol. The molecule has 0 saturated heterocycles. The zero-order valence-corrected chi connectivity index (χ0v) is 11.1. The Bertz CT molecular complexity index is 351. The molecule has 4 heteroatoms. The molecule has 1 aliphatic rings. The number of hydrogen-bond donors (Lipinski definition) is 1. The Morgan fingerprint density at radius 2 is 2.44 bits per heavy atom. The van der Waals surface area contributed by atoms with Crippen molar-refractivity contribution in [1.29, 1.82) is 0 Å². The number of rotatable bonds is 4. The van der Waals surface area contributed by atoms with Gasteiger partial charge in [-0.15, -0.1) is 11.3 Å². The number of aromatic nitrogens is 1. The van der Waals surface area contributed by atoms with E-state index in [-0.39, 0.29) is 6.10 Å². The maximum atomic E-state index is 5.34. The summed E-state index contributed by atoms with van der Waals surface area (Å²) < 4.78 is 5.34. The first-order valence-corrected chi connectivity index (χ1v) is 6.83. The lowest BCUT2D eigenvalue weighted by atomic mass is 9.98. The molecule has 0 spiro atoms. The van der Waals surface area contributed by atoms with E-state index >= 15 is 0 Å². The van der Waals surface area contributed by atoms with E-state index in [1.807, 2.05) is 11.3 Å². The maximum Gasteiger partial charge on any atom is 0.122 e. The van der Waals surface area contributed by atoms with Crippen LogP contribution in [0, 0.1) is 0 Å². The van der Waals surface area contributed by atoms with Gasteiger partial charge in [-0.05, 0) is 32.7 Å². The quantitative estimate of drug-likeness (QED) is 0.878. The van der Waals surface area contributed by atoms with Crippen molar-refractivity contribution >= 4 is 11.3 Å². The number of nitrogens with one attached hydrogen (secondary N) is 1. The average Bonchev–Trinajstić information content (AvgIpc) is 2.73. The normalized spacial score (nSPS) is 21.8. The lowest BCUT2D eigenvalue weighted by Crippen LogP contribution is -2.23. The van der Waals surface area contributed by atoms with Crippen molar-refractivity contribution in [2.75, 3.05) is 13.7 Å². The van der Waals surface area contributed by atoms with E-state index in [4.69, 9.17) is 9.72 Å². The van der Waals surface area contributed by atoms with E-state index in [0.29, 0.717) is 6.04 Å². The fraction of sp³-hybridized carbons (Fsp3) is 0.750. The van der Waals surface area contributed by atoms with Crippen LogP contribution in [0.3, 0.4) is 0 Å². The molecule has 0 saturated carbocycles. The summed E-state index contributed by atoms with van der Waals surface area (Å²) >= 11 is 1.82. The fourth-order valence-electron chi connectivity index (χ4n) is 2.15. The van der Waals surface area contributed by atoms with Crippen LogP contribution in [0.2, 0.25) is 0 Å². The molecule has 1 aliphatic carbocycles. The van der Waals surface area contributed by atoms with Crippen molar-refractivity contribution in [1.82, 2.24) is 10.3 Å². The van der Waals surface area contributed by atoms with Crippen LogP contribution in [0.15, 0.2) is 0 Å². The number of thiazole rings is 1. The molecule has 0 amide bonds. The largest absolute Gasteiger partial charge is 0.375 e. The third-order valence-electron chi connectivity index (χ3n) is 3.12. The highest BCUT2D eigenvalue weighted by Gasteiger charge is 2.25. The Balaban J connectivity index is 2.23. The van der Waals surface area contributed by atoms with E-state index in [0.717, 1.165) is 18.0 Å². The van der Waals surface area contributed by atoms with Gasteiger partial charge in [-0.1, -0.05) is 6.92 Å². The summed E-state index contributed by atoms with van der Waals surface area (Å²) in [5.41, 5.74) is 1.29. The van der Waals surface area contributed by atoms with Gasteiger partial charge >= 0.3 is 0 Å². The van der Waals surface area contributed by atoms with Gasteiger partial charge in [0.1, 0.15) is 11.1 Å². The van der Waals surface area contributed by atoms with Crippen LogP contribution in [0.4, 0.5) is 0 Å². The minimum Gasteiger partial charge on any atom is -0.375 e. The summed E-state index contributed by atoms with van der Waals surface area (Å²) in [6.45, 7) is 5.25. The standard InChI is InChI=1S/C12H20N2OS/c1-4-13-9-6-5-7-10-11(9)16-12(14-10)8(2)15-3/h8-9,13H,4-7H2,1-3H3. The fourth-order valence-corrected chi connectivity index (χ4v) is 3.41. The highest BCUT2D eigenvalue weighted by molar-refractivity contribution is 7.11. The molecule has 1 N–H and O–H groups in total. The van der Waals surface area contributed by atoms with Crippen molar-refractivity contribution in [3.05, 3.63) is 15.6 Å². The summed E-state index contributed by atoms with van der Waals surface area (Å²) in [4.78, 5) is 6.14. The second-order valence-electron chi connectivity index (χ2n) is 4.24. The molecule has 1 heterocycles. The van der Waals surface area contributed by atoms with Gasteiger partial charge in [0.2, 0.25) is 0 Å². The molecule has 16 heavy (non-hydrogen) atoms. The molecule has 2 rings (SSSR count). The third kappa shape index (κ3) is 2.29. The number of nitrogens with zero attached hydrogens (tertiary/aromatic N) is 1. The SMILES string of the molecule is CCNC1CCCc2nc(C(C)OC)sc21. The van der Waals surface area contributed by atoms with Gasteiger partial charge in [-0.25, -0.2) is 4.98 Å². The smallest absolute Gasteiger partial charge is 0.122 e. The average molecular weight is 240 g/mol. The summed E-state index contributed by atoms with van der Waals surface area (Å²) in [6, 6.07) is 0.518. The number of fused-ring (bicyclic) bond motifs is 1. The zero-order valence-electron chi connectivity index (χ0n) is 10.2. The van der Waals surface area contributed by atoms with Gasteiger partial charge in [0.15, 0.2) is 0 Å². The van der Waals surface area contributed by atoms with Crippen LogP contribution >= 0.6 is 11.3 Å². The molecule has 2 atom stereocenters. The molecule has 2 unspecified atom stereocenters. The molecule has 1 aromatic heterocycles. The molecule has 0 aromatic carbocycles. The Morgan fingerprint density at radius 1 is 1.62 bits per heavy atom. The van der Waals surface area contributed by atoms with E-state index in [1.165, 1.54) is 23.4 Å². The zero-order chi connectivity index (χ0) is 11.5. The van der Waals surface area contributed by atoms with Crippen LogP contribution in [0.5, 0.6) is 0 Å². The Kier molecular flexibility index (Phi) is 3.95. The third-order valence-corrected chi connectivity index (χ3v) is 4.49. The number of aryl methyl sites for hydroxylation is 1. The van der Waals surface area contributed by atoms with Crippen LogP contribution in [0.1, 0.15) is 54.4 Å². The molecular formula is C12H20N2OS. The first-order chi connectivity index (χ1) is 7.76. The maximum absolute atomic E-state index is 5.34. The number of ether oxygens (including phenoxy) is 1. The van der Waals surface area contributed by atoms with Gasteiger partial charge in [-0.2, -0.15) is 0 Å². The second-order valence-corrected chi connectivity index (χ2v) is 5.31. The lowest BCUT2D eigenvalue weighted by Gasteiger charge is -2.21. The van der Waals surface area contributed by atoms with E-state index in [9.17, 15) is 0 Å². The number of hydrogen-bond acceptors (Lipinski definition) is 4. The van der Waals surface area contributed by atoms with Crippen molar-refractivity contribution in [2.45, 2.75) is 45.3 Å². The van der Waals surface area contributed by atoms with Crippen molar-refractivity contribution in [3.8, 4) is 0 Å².